The minimum Gasteiger partial charge on any atom is -0.463 e. The standard InChI is InChI=1S/C22H30N4O2/c1-14-24-18(11-19(25-14)20-6-5-9-28-20)17-13-26-8-7-15(17)10-16(26)12-23-21(27)22(2,3)4/h5-6,9,11,15-17H,7-8,10,12-13H2,1-4H3,(H,23,27). The largest absolute Gasteiger partial charge is 0.463 e. The number of hydrogen-bond acceptors (Lipinski definition) is 5. The first-order valence-electron chi connectivity index (χ1n) is 10.2. The third-order valence-electron chi connectivity index (χ3n) is 6.07. The number of amides is 1. The predicted molar refractivity (Wildman–Crippen MR) is 108 cm³/mol. The Labute approximate surface area is 166 Å². The number of hydrogen-bond donors (Lipinski definition) is 1. The van der Waals surface area contributed by atoms with Crippen molar-refractivity contribution in [2.24, 2.45) is 11.3 Å². The van der Waals surface area contributed by atoms with Crippen LogP contribution in [0.2, 0.25) is 0 Å². The van der Waals surface area contributed by atoms with Crippen LogP contribution in [0.5, 0.6) is 0 Å². The molecular formula is C22H30N4O2. The molecule has 28 heavy (non-hydrogen) atoms. The number of fused-ring (bicyclic) bond motifs is 3. The number of furan rings is 1. The second-order valence-corrected chi connectivity index (χ2v) is 9.20. The molecule has 0 radical (unpaired) electrons. The Kier molecular flexibility index (Phi) is 5.00. The molecular weight excluding hydrogens is 352 g/mol. The molecule has 2 aromatic heterocycles. The number of carbonyl (C=O) groups is 1. The Bertz CT molecular complexity index is 841. The summed E-state index contributed by atoms with van der Waals surface area (Å²) in [6.07, 6.45) is 3.97. The first-order chi connectivity index (χ1) is 13.3. The van der Waals surface area contributed by atoms with E-state index >= 15 is 0 Å². The fourth-order valence-electron chi connectivity index (χ4n) is 4.49. The molecule has 5 rings (SSSR count). The van der Waals surface area contributed by atoms with E-state index < -0.39 is 0 Å². The van der Waals surface area contributed by atoms with E-state index in [-0.39, 0.29) is 11.3 Å². The molecule has 150 valence electrons. The summed E-state index contributed by atoms with van der Waals surface area (Å²) in [7, 11) is 0. The lowest BCUT2D eigenvalue weighted by molar-refractivity contribution is -0.129. The van der Waals surface area contributed by atoms with Crippen LogP contribution in [0.1, 0.15) is 51.0 Å². The van der Waals surface area contributed by atoms with E-state index in [1.807, 2.05) is 39.8 Å². The van der Waals surface area contributed by atoms with E-state index in [0.717, 1.165) is 49.0 Å². The first kappa shape index (κ1) is 19.1. The monoisotopic (exact) mass is 382 g/mol. The number of nitrogens with one attached hydrogen (secondary N) is 1. The minimum absolute atomic E-state index is 0.126. The Balaban J connectivity index is 1.47. The van der Waals surface area contributed by atoms with Gasteiger partial charge in [0.1, 0.15) is 11.5 Å². The molecule has 3 saturated heterocycles. The third kappa shape index (κ3) is 3.83. The smallest absolute Gasteiger partial charge is 0.225 e. The van der Waals surface area contributed by atoms with Gasteiger partial charge in [-0.1, -0.05) is 20.8 Å². The van der Waals surface area contributed by atoms with Gasteiger partial charge in [-0.2, -0.15) is 0 Å². The summed E-state index contributed by atoms with van der Waals surface area (Å²) in [5.74, 6) is 2.71. The van der Waals surface area contributed by atoms with Gasteiger partial charge in [0.05, 0.1) is 6.26 Å². The summed E-state index contributed by atoms with van der Waals surface area (Å²) < 4.78 is 5.54. The second kappa shape index (κ2) is 7.32. The van der Waals surface area contributed by atoms with E-state index in [9.17, 15) is 4.79 Å². The molecule has 1 amide bonds. The highest BCUT2D eigenvalue weighted by Crippen LogP contribution is 2.41. The zero-order valence-corrected chi connectivity index (χ0v) is 17.2. The van der Waals surface area contributed by atoms with E-state index in [1.54, 1.807) is 6.26 Å². The van der Waals surface area contributed by atoms with Gasteiger partial charge < -0.3 is 9.73 Å². The lowest BCUT2D eigenvalue weighted by atomic mass is 9.74. The van der Waals surface area contributed by atoms with Gasteiger partial charge in [0.15, 0.2) is 5.76 Å². The molecule has 1 N–H and O–H groups in total. The van der Waals surface area contributed by atoms with Crippen LogP contribution in [0.25, 0.3) is 11.5 Å². The fourth-order valence-corrected chi connectivity index (χ4v) is 4.49. The lowest BCUT2D eigenvalue weighted by Crippen LogP contribution is -2.56. The van der Waals surface area contributed by atoms with E-state index in [4.69, 9.17) is 9.40 Å². The fraction of sp³-hybridized carbons (Fsp3) is 0.591. The maximum absolute atomic E-state index is 12.2. The van der Waals surface area contributed by atoms with Crippen LogP contribution in [0.3, 0.4) is 0 Å². The molecule has 5 heterocycles. The minimum atomic E-state index is -0.341. The summed E-state index contributed by atoms with van der Waals surface area (Å²) in [5.41, 5.74) is 1.63. The van der Waals surface area contributed by atoms with E-state index in [0.29, 0.717) is 17.9 Å². The highest BCUT2D eigenvalue weighted by Gasteiger charge is 2.41. The van der Waals surface area contributed by atoms with Gasteiger partial charge in [-0.15, -0.1) is 0 Å². The lowest BCUT2D eigenvalue weighted by Gasteiger charge is -2.50. The van der Waals surface area contributed by atoms with Gasteiger partial charge in [0.2, 0.25) is 5.91 Å². The van der Waals surface area contributed by atoms with Crippen LogP contribution in [-0.2, 0) is 4.79 Å². The number of nitrogens with zero attached hydrogens (tertiary/aromatic N) is 3. The number of aryl methyl sites for hydroxylation is 1. The molecule has 3 aliphatic heterocycles. The summed E-state index contributed by atoms with van der Waals surface area (Å²) in [5, 5.41) is 3.15. The van der Waals surface area contributed by atoms with E-state index in [2.05, 4.69) is 21.3 Å². The quantitative estimate of drug-likeness (QED) is 0.878. The predicted octanol–water partition coefficient (Wildman–Crippen LogP) is 3.39. The van der Waals surface area contributed by atoms with Crippen molar-refractivity contribution in [2.75, 3.05) is 19.6 Å². The van der Waals surface area contributed by atoms with Crippen LogP contribution in [0.15, 0.2) is 28.9 Å². The Morgan fingerprint density at radius 3 is 2.82 bits per heavy atom. The molecule has 0 aliphatic carbocycles. The summed E-state index contributed by atoms with van der Waals surface area (Å²) >= 11 is 0. The van der Waals surface area contributed by atoms with Crippen molar-refractivity contribution < 1.29 is 9.21 Å². The maximum atomic E-state index is 12.2. The van der Waals surface area contributed by atoms with Gasteiger partial charge in [-0.05, 0) is 50.4 Å². The van der Waals surface area contributed by atoms with Gasteiger partial charge >= 0.3 is 0 Å². The van der Waals surface area contributed by atoms with Crippen LogP contribution in [0, 0.1) is 18.3 Å². The number of carbonyl (C=O) groups excluding carboxylic acids is 1. The molecule has 0 saturated carbocycles. The summed E-state index contributed by atoms with van der Waals surface area (Å²) in [4.78, 5) is 24.1. The summed E-state index contributed by atoms with van der Waals surface area (Å²) in [6, 6.07) is 6.34. The van der Waals surface area contributed by atoms with Crippen molar-refractivity contribution in [3.05, 3.63) is 36.0 Å². The normalized spacial score (nSPS) is 27.0. The molecule has 2 aromatic rings. The second-order valence-electron chi connectivity index (χ2n) is 9.20. The molecule has 2 bridgehead atoms. The maximum Gasteiger partial charge on any atom is 0.225 e. The number of rotatable bonds is 4. The number of aromatic nitrogens is 2. The molecule has 6 heteroatoms. The molecule has 6 nitrogen and oxygen atoms in total. The summed E-state index contributed by atoms with van der Waals surface area (Å²) in [6.45, 7) is 10.7. The van der Waals surface area contributed by atoms with Crippen molar-refractivity contribution in [3.8, 4) is 11.5 Å². The first-order valence-corrected chi connectivity index (χ1v) is 10.2. The zero-order valence-electron chi connectivity index (χ0n) is 17.2. The highest BCUT2D eigenvalue weighted by molar-refractivity contribution is 5.81. The van der Waals surface area contributed by atoms with Crippen LogP contribution in [-0.4, -0.2) is 46.5 Å². The van der Waals surface area contributed by atoms with Crippen LogP contribution >= 0.6 is 0 Å². The van der Waals surface area contributed by atoms with Gasteiger partial charge in [0.25, 0.3) is 0 Å². The highest BCUT2D eigenvalue weighted by atomic mass is 16.3. The molecule has 0 spiro atoms. The molecule has 0 aromatic carbocycles. The Morgan fingerprint density at radius 2 is 2.18 bits per heavy atom. The molecule has 3 fully saturated rings. The van der Waals surface area contributed by atoms with Crippen LogP contribution < -0.4 is 5.32 Å². The Hall–Kier alpha value is -2.21. The van der Waals surface area contributed by atoms with Gasteiger partial charge in [0, 0.05) is 36.2 Å². The average Bonchev–Trinajstić information content (AvgIpc) is 3.20. The van der Waals surface area contributed by atoms with Gasteiger partial charge in [-0.3, -0.25) is 9.69 Å². The third-order valence-corrected chi connectivity index (χ3v) is 6.07. The number of piperidine rings is 3. The van der Waals surface area contributed by atoms with Crippen LogP contribution in [0.4, 0.5) is 0 Å². The molecule has 4 unspecified atom stereocenters. The van der Waals surface area contributed by atoms with Crippen molar-refractivity contribution in [2.45, 2.75) is 52.5 Å². The van der Waals surface area contributed by atoms with Crippen molar-refractivity contribution >= 4 is 5.91 Å². The van der Waals surface area contributed by atoms with Crippen molar-refractivity contribution in [1.82, 2.24) is 20.2 Å². The van der Waals surface area contributed by atoms with Crippen molar-refractivity contribution in [3.63, 3.8) is 0 Å². The average molecular weight is 383 g/mol. The van der Waals surface area contributed by atoms with Crippen molar-refractivity contribution in [1.29, 1.82) is 0 Å². The Morgan fingerprint density at radius 1 is 1.36 bits per heavy atom. The molecule has 4 atom stereocenters. The SMILES string of the molecule is Cc1nc(-c2ccco2)cc(C2CN3CCC2CC3CNC(=O)C(C)(C)C)n1. The molecule has 3 aliphatic rings. The van der Waals surface area contributed by atoms with E-state index in [1.165, 1.54) is 6.42 Å². The topological polar surface area (TPSA) is 71.3 Å². The zero-order chi connectivity index (χ0) is 19.9. The van der Waals surface area contributed by atoms with Gasteiger partial charge in [-0.25, -0.2) is 9.97 Å².